The highest BCUT2D eigenvalue weighted by molar-refractivity contribution is 6.10. The van der Waals surface area contributed by atoms with Crippen molar-refractivity contribution < 1.29 is 57.0 Å². The predicted molar refractivity (Wildman–Crippen MR) is 235 cm³/mol. The largest absolute Gasteiger partial charge is 0.493 e. The van der Waals surface area contributed by atoms with E-state index in [4.69, 9.17) is 57.3 Å². The van der Waals surface area contributed by atoms with Crippen molar-refractivity contribution in [2.24, 2.45) is 10.8 Å². The van der Waals surface area contributed by atoms with Crippen molar-refractivity contribution in [1.82, 2.24) is 29.9 Å². The maximum absolute atomic E-state index is 13.4. The Hall–Kier alpha value is -6.34. The van der Waals surface area contributed by atoms with Crippen molar-refractivity contribution in [3.05, 3.63) is 60.2 Å². The molecule has 340 valence electrons. The molecule has 6 aromatic rings. The number of fused-ring (bicyclic) bond motifs is 2. The smallest absolute Gasteiger partial charge is 0.203 e. The zero-order valence-corrected chi connectivity index (χ0v) is 38.1. The van der Waals surface area contributed by atoms with E-state index in [-0.39, 0.29) is 38.0 Å². The summed E-state index contributed by atoms with van der Waals surface area (Å²) in [4.78, 5) is 51.3. The topological polar surface area (TPSA) is 210 Å². The number of hydrogen-bond acceptors (Lipinski definition) is 16. The van der Waals surface area contributed by atoms with Crippen molar-refractivity contribution in [3.8, 4) is 57.0 Å². The number of ether oxygens (including phenoxy) is 10. The number of nitrogens with zero attached hydrogens (tertiary/aromatic N) is 4. The molecule has 2 aliphatic rings. The van der Waals surface area contributed by atoms with E-state index in [9.17, 15) is 9.59 Å². The van der Waals surface area contributed by atoms with Gasteiger partial charge in [0.05, 0.1) is 115 Å². The zero-order valence-electron chi connectivity index (χ0n) is 38.1. The molecule has 18 nitrogen and oxygen atoms in total. The standard InChI is InChI=1S/2C23H27N3O6/c2*1-22(2)31-11-23(3,12-32-22)20(27)14-9-24-21-18(14)26-15(10-25-21)13-7-16(28-4)19(30-6)17(8-13)29-5/h2*7-10H,11-12H2,1-6H3,(H,24,25). The highest BCUT2D eigenvalue weighted by Crippen LogP contribution is 2.43. The number of hydrogen-bond donors (Lipinski definition) is 2. The number of ketones is 2. The van der Waals surface area contributed by atoms with E-state index in [1.165, 1.54) is 0 Å². The molecular weight excluding hydrogens is 829 g/mol. The Kier molecular flexibility index (Phi) is 12.6. The number of Topliss-reactive ketones (excluding diaryl/α,β-unsaturated/α-hetero) is 2. The number of carbonyl (C=O) groups is 2. The fourth-order valence-corrected chi connectivity index (χ4v) is 7.28. The molecule has 4 aromatic heterocycles. The second-order valence-corrected chi connectivity index (χ2v) is 16.9. The summed E-state index contributed by atoms with van der Waals surface area (Å²) in [5, 5.41) is 0. The van der Waals surface area contributed by atoms with Crippen LogP contribution in [-0.4, -0.2) is 122 Å². The monoisotopic (exact) mass is 882 g/mol. The van der Waals surface area contributed by atoms with Crippen LogP contribution in [0.3, 0.4) is 0 Å². The minimum Gasteiger partial charge on any atom is -0.493 e. The number of H-pyrrole nitrogens is 2. The SMILES string of the molecule is COc1cc(-c2cnc3[nH]cc(C(=O)C4(C)COC(C)(C)OC4)c3n2)cc(OC)c1OC.COc1cc(-c2cnc3[nH]cc(C(=O)C4(C)COC(C)(C)OC4)c3n2)cc(OC)c1OC. The average Bonchev–Trinajstić information content (AvgIpc) is 3.93. The van der Waals surface area contributed by atoms with Crippen LogP contribution >= 0.6 is 0 Å². The second-order valence-electron chi connectivity index (χ2n) is 16.9. The van der Waals surface area contributed by atoms with E-state index in [0.717, 1.165) is 0 Å². The lowest BCUT2D eigenvalue weighted by molar-refractivity contribution is -0.272. The average molecular weight is 883 g/mol. The van der Waals surface area contributed by atoms with E-state index in [2.05, 4.69) is 19.9 Å². The minimum absolute atomic E-state index is 0.115. The minimum atomic E-state index is -0.825. The van der Waals surface area contributed by atoms with Gasteiger partial charge in [0.2, 0.25) is 11.5 Å². The van der Waals surface area contributed by atoms with Crippen molar-refractivity contribution >= 4 is 33.9 Å². The molecule has 0 atom stereocenters. The highest BCUT2D eigenvalue weighted by Gasteiger charge is 2.44. The van der Waals surface area contributed by atoms with Crippen LogP contribution in [0.15, 0.2) is 49.1 Å². The van der Waals surface area contributed by atoms with Crippen LogP contribution in [0.5, 0.6) is 34.5 Å². The van der Waals surface area contributed by atoms with Gasteiger partial charge < -0.3 is 57.3 Å². The van der Waals surface area contributed by atoms with Gasteiger partial charge >= 0.3 is 0 Å². The summed E-state index contributed by atoms with van der Waals surface area (Å²) in [7, 11) is 9.29. The lowest BCUT2D eigenvalue weighted by Gasteiger charge is -2.40. The van der Waals surface area contributed by atoms with Crippen molar-refractivity contribution in [2.45, 2.75) is 53.1 Å². The van der Waals surface area contributed by atoms with Gasteiger partial charge in [0, 0.05) is 23.5 Å². The van der Waals surface area contributed by atoms with E-state index in [1.54, 1.807) is 91.7 Å². The first-order chi connectivity index (χ1) is 30.4. The zero-order chi connectivity index (χ0) is 46.2. The molecule has 64 heavy (non-hydrogen) atoms. The maximum Gasteiger partial charge on any atom is 0.203 e. The van der Waals surface area contributed by atoms with Crippen LogP contribution < -0.4 is 28.4 Å². The van der Waals surface area contributed by atoms with Gasteiger partial charge in [-0.25, -0.2) is 19.9 Å². The first-order valence-electron chi connectivity index (χ1n) is 20.4. The highest BCUT2D eigenvalue weighted by atomic mass is 16.7. The number of aromatic nitrogens is 6. The maximum atomic E-state index is 13.4. The fourth-order valence-electron chi connectivity index (χ4n) is 7.28. The molecule has 0 spiro atoms. The van der Waals surface area contributed by atoms with Gasteiger partial charge in [0.15, 0.2) is 57.4 Å². The number of rotatable bonds is 12. The molecule has 0 aliphatic carbocycles. The van der Waals surface area contributed by atoms with E-state index in [0.29, 0.717) is 90.5 Å². The molecule has 0 unspecified atom stereocenters. The summed E-state index contributed by atoms with van der Waals surface area (Å²) in [6, 6.07) is 7.16. The number of benzene rings is 2. The Labute approximate surface area is 370 Å². The summed E-state index contributed by atoms with van der Waals surface area (Å²) in [5.41, 5.74) is 3.78. The lowest BCUT2D eigenvalue weighted by atomic mass is 9.83. The van der Waals surface area contributed by atoms with Crippen molar-refractivity contribution in [3.63, 3.8) is 0 Å². The van der Waals surface area contributed by atoms with E-state index >= 15 is 0 Å². The predicted octanol–water partition coefficient (Wildman–Crippen LogP) is 7.25. The second kappa shape index (κ2) is 17.7. The fraction of sp³-hybridized carbons (Fsp3) is 0.435. The first kappa shape index (κ1) is 45.7. The molecule has 8 rings (SSSR count). The van der Waals surface area contributed by atoms with Gasteiger partial charge in [-0.05, 0) is 65.8 Å². The van der Waals surface area contributed by atoms with Crippen LogP contribution in [0.2, 0.25) is 0 Å². The Morgan fingerprint density at radius 1 is 0.516 bits per heavy atom. The summed E-state index contributed by atoms with van der Waals surface area (Å²) in [5.74, 6) is 1.32. The van der Waals surface area contributed by atoms with Gasteiger partial charge in [0.1, 0.15) is 11.0 Å². The molecule has 18 heteroatoms. The molecule has 0 saturated carbocycles. The van der Waals surface area contributed by atoms with Crippen LogP contribution in [0.1, 0.15) is 62.3 Å². The number of nitrogens with one attached hydrogen (secondary N) is 2. The third-order valence-electron chi connectivity index (χ3n) is 11.2. The molecule has 2 saturated heterocycles. The van der Waals surface area contributed by atoms with Gasteiger partial charge in [0.25, 0.3) is 0 Å². The number of aromatic amines is 2. The van der Waals surface area contributed by atoms with Crippen LogP contribution in [0.4, 0.5) is 0 Å². The van der Waals surface area contributed by atoms with Crippen LogP contribution in [0, 0.1) is 10.8 Å². The van der Waals surface area contributed by atoms with Crippen molar-refractivity contribution in [1.29, 1.82) is 0 Å². The quantitative estimate of drug-likeness (QED) is 0.116. The third-order valence-corrected chi connectivity index (χ3v) is 11.2. The Morgan fingerprint density at radius 3 is 1.11 bits per heavy atom. The molecule has 0 amide bonds. The first-order valence-corrected chi connectivity index (χ1v) is 20.4. The molecular formula is C46H54N6O12. The van der Waals surface area contributed by atoms with E-state index < -0.39 is 22.4 Å². The molecule has 2 aromatic carbocycles. The van der Waals surface area contributed by atoms with Crippen LogP contribution in [-0.2, 0) is 18.9 Å². The van der Waals surface area contributed by atoms with Crippen molar-refractivity contribution in [2.75, 3.05) is 69.1 Å². The molecule has 0 radical (unpaired) electrons. The molecule has 2 fully saturated rings. The Balaban J connectivity index is 0.000000191. The summed E-state index contributed by atoms with van der Waals surface area (Å²) < 4.78 is 55.6. The Bertz CT molecular complexity index is 2450. The lowest BCUT2D eigenvalue weighted by Crippen LogP contribution is -2.49. The molecule has 2 N–H and O–H groups in total. The summed E-state index contributed by atoms with van der Waals surface area (Å²) >= 11 is 0. The number of carbonyl (C=O) groups excluding carboxylic acids is 2. The third kappa shape index (κ3) is 8.78. The normalized spacial score (nSPS) is 17.2. The van der Waals surface area contributed by atoms with Crippen LogP contribution in [0.25, 0.3) is 44.8 Å². The molecule has 6 heterocycles. The summed E-state index contributed by atoms with van der Waals surface area (Å²) in [6.07, 6.45) is 6.53. The summed E-state index contributed by atoms with van der Waals surface area (Å²) in [6.45, 7) is 12.0. The van der Waals surface area contributed by atoms with Gasteiger partial charge in [-0.2, -0.15) is 0 Å². The Morgan fingerprint density at radius 2 is 0.828 bits per heavy atom. The van der Waals surface area contributed by atoms with Gasteiger partial charge in [-0.15, -0.1) is 0 Å². The van der Waals surface area contributed by atoms with Gasteiger partial charge in [-0.1, -0.05) is 0 Å². The molecule has 0 bridgehead atoms. The number of methoxy groups -OCH3 is 6. The van der Waals surface area contributed by atoms with Gasteiger partial charge in [-0.3, -0.25) is 9.59 Å². The van der Waals surface area contributed by atoms with E-state index in [1.807, 2.05) is 41.5 Å². The molecule has 2 aliphatic heterocycles.